The first-order valence-electron chi connectivity index (χ1n) is 5.46. The number of nitro benzene ring substituents is 1. The van der Waals surface area contributed by atoms with Crippen molar-refractivity contribution in [2.45, 2.75) is 6.54 Å². The molecule has 0 unspecified atom stereocenters. The van der Waals surface area contributed by atoms with Crippen molar-refractivity contribution in [2.75, 3.05) is 5.32 Å². The highest BCUT2D eigenvalue weighted by atomic mass is 35.5. The van der Waals surface area contributed by atoms with Crippen LogP contribution in [0.15, 0.2) is 29.6 Å². The molecule has 0 saturated carbocycles. The molecule has 0 bridgehead atoms. The van der Waals surface area contributed by atoms with E-state index in [4.69, 9.17) is 16.7 Å². The van der Waals surface area contributed by atoms with Crippen LogP contribution in [-0.2, 0) is 6.54 Å². The summed E-state index contributed by atoms with van der Waals surface area (Å²) in [4.78, 5) is 21.7. The van der Waals surface area contributed by atoms with Gasteiger partial charge in [0.1, 0.15) is 5.02 Å². The van der Waals surface area contributed by atoms with Gasteiger partial charge in [-0.1, -0.05) is 11.6 Å². The summed E-state index contributed by atoms with van der Waals surface area (Å²) in [6.07, 6.45) is 0. The van der Waals surface area contributed by atoms with E-state index in [-0.39, 0.29) is 16.3 Å². The standard InChI is InChI=1S/C12H9ClN2O4S/c13-10-4-8(1-2-11(10)15(18)19)14-5-9-3-7(6-20-9)12(16)17/h1-4,6,14H,5H2,(H,16,17). The summed E-state index contributed by atoms with van der Waals surface area (Å²) in [5.41, 5.74) is 0.723. The molecular formula is C12H9ClN2O4S. The van der Waals surface area contributed by atoms with Crippen molar-refractivity contribution >= 4 is 40.3 Å². The van der Waals surface area contributed by atoms with Gasteiger partial charge in [-0.05, 0) is 18.2 Å². The Hall–Kier alpha value is -2.12. The van der Waals surface area contributed by atoms with Crippen molar-refractivity contribution < 1.29 is 14.8 Å². The van der Waals surface area contributed by atoms with Crippen LogP contribution in [0, 0.1) is 10.1 Å². The lowest BCUT2D eigenvalue weighted by molar-refractivity contribution is -0.384. The average Bonchev–Trinajstić information content (AvgIpc) is 2.85. The van der Waals surface area contributed by atoms with Gasteiger partial charge >= 0.3 is 5.97 Å². The van der Waals surface area contributed by atoms with E-state index in [0.29, 0.717) is 12.2 Å². The van der Waals surface area contributed by atoms with Crippen LogP contribution in [0.4, 0.5) is 11.4 Å². The maximum atomic E-state index is 10.7. The van der Waals surface area contributed by atoms with E-state index in [0.717, 1.165) is 4.88 Å². The fraction of sp³-hybridized carbons (Fsp3) is 0.0833. The van der Waals surface area contributed by atoms with Gasteiger partial charge in [-0.3, -0.25) is 10.1 Å². The summed E-state index contributed by atoms with van der Waals surface area (Å²) in [6.45, 7) is 0.423. The van der Waals surface area contributed by atoms with E-state index in [1.807, 2.05) is 0 Å². The number of aromatic carboxylic acids is 1. The highest BCUT2D eigenvalue weighted by Gasteiger charge is 2.12. The number of nitrogens with zero attached hydrogens (tertiary/aromatic N) is 1. The first-order chi connectivity index (χ1) is 9.47. The molecule has 1 heterocycles. The van der Waals surface area contributed by atoms with Crippen LogP contribution in [0.25, 0.3) is 0 Å². The number of nitrogens with one attached hydrogen (secondary N) is 1. The number of benzene rings is 1. The normalized spacial score (nSPS) is 10.2. The van der Waals surface area contributed by atoms with E-state index in [1.165, 1.54) is 23.5 Å². The third-order valence-electron chi connectivity index (χ3n) is 2.51. The highest BCUT2D eigenvalue weighted by Crippen LogP contribution is 2.27. The summed E-state index contributed by atoms with van der Waals surface area (Å²) in [5, 5.41) is 24.1. The van der Waals surface area contributed by atoms with Crippen LogP contribution < -0.4 is 5.32 Å². The van der Waals surface area contributed by atoms with Crippen LogP contribution in [0.1, 0.15) is 15.2 Å². The molecule has 0 aliphatic rings. The molecule has 0 radical (unpaired) electrons. The molecule has 0 saturated heterocycles. The molecule has 2 rings (SSSR count). The Morgan fingerprint density at radius 3 is 2.75 bits per heavy atom. The molecule has 1 aromatic heterocycles. The van der Waals surface area contributed by atoms with Gasteiger partial charge in [0, 0.05) is 28.6 Å². The molecule has 0 fully saturated rings. The summed E-state index contributed by atoms with van der Waals surface area (Å²) < 4.78 is 0. The number of thiophene rings is 1. The molecule has 8 heteroatoms. The van der Waals surface area contributed by atoms with Crippen molar-refractivity contribution in [2.24, 2.45) is 0 Å². The van der Waals surface area contributed by atoms with Crippen LogP contribution in [-0.4, -0.2) is 16.0 Å². The number of rotatable bonds is 5. The van der Waals surface area contributed by atoms with Crippen LogP contribution in [0.2, 0.25) is 5.02 Å². The first kappa shape index (κ1) is 14.3. The Morgan fingerprint density at radius 1 is 1.45 bits per heavy atom. The SMILES string of the molecule is O=C(O)c1csc(CNc2ccc([N+](=O)[O-])c(Cl)c2)c1. The number of carbonyl (C=O) groups is 1. The van der Waals surface area contributed by atoms with Gasteiger partial charge < -0.3 is 10.4 Å². The number of hydrogen-bond acceptors (Lipinski definition) is 5. The monoisotopic (exact) mass is 312 g/mol. The van der Waals surface area contributed by atoms with E-state index >= 15 is 0 Å². The average molecular weight is 313 g/mol. The number of carboxylic acids is 1. The van der Waals surface area contributed by atoms with Crippen molar-refractivity contribution in [3.63, 3.8) is 0 Å². The predicted octanol–water partition coefficient (Wildman–Crippen LogP) is 3.62. The summed E-state index contributed by atoms with van der Waals surface area (Å²) in [5.74, 6) is -0.967. The summed E-state index contributed by atoms with van der Waals surface area (Å²) >= 11 is 7.12. The fourth-order valence-electron chi connectivity index (χ4n) is 1.54. The number of carboxylic acid groups (broad SMARTS) is 1. The zero-order chi connectivity index (χ0) is 14.7. The van der Waals surface area contributed by atoms with Crippen molar-refractivity contribution in [1.82, 2.24) is 0 Å². The van der Waals surface area contributed by atoms with Gasteiger partial charge in [0.05, 0.1) is 10.5 Å². The molecule has 2 aromatic rings. The lowest BCUT2D eigenvalue weighted by Crippen LogP contribution is -1.99. The minimum Gasteiger partial charge on any atom is -0.478 e. The third kappa shape index (κ3) is 3.25. The van der Waals surface area contributed by atoms with Crippen molar-refractivity contribution in [1.29, 1.82) is 0 Å². The Kier molecular flexibility index (Phi) is 4.21. The predicted molar refractivity (Wildman–Crippen MR) is 76.7 cm³/mol. The lowest BCUT2D eigenvalue weighted by Gasteiger charge is -2.05. The Bertz CT molecular complexity index is 671. The van der Waals surface area contributed by atoms with Crippen LogP contribution in [0.3, 0.4) is 0 Å². The van der Waals surface area contributed by atoms with Crippen LogP contribution in [0.5, 0.6) is 0 Å². The Morgan fingerprint density at radius 2 is 2.20 bits per heavy atom. The third-order valence-corrected chi connectivity index (χ3v) is 3.75. The van der Waals surface area contributed by atoms with Crippen molar-refractivity contribution in [3.8, 4) is 0 Å². The zero-order valence-corrected chi connectivity index (χ0v) is 11.6. The van der Waals surface area contributed by atoms with Gasteiger partial charge in [0.2, 0.25) is 0 Å². The van der Waals surface area contributed by atoms with Gasteiger partial charge in [0.15, 0.2) is 0 Å². The fourth-order valence-corrected chi connectivity index (χ4v) is 2.59. The summed E-state index contributed by atoms with van der Waals surface area (Å²) in [6, 6.07) is 5.91. The number of anilines is 1. The molecule has 0 spiro atoms. The molecule has 0 amide bonds. The van der Waals surface area contributed by atoms with E-state index in [2.05, 4.69) is 5.32 Å². The van der Waals surface area contributed by atoms with Gasteiger partial charge in [-0.25, -0.2) is 4.79 Å². The minimum atomic E-state index is -0.967. The largest absolute Gasteiger partial charge is 0.478 e. The minimum absolute atomic E-state index is 0.0532. The second-order valence-corrected chi connectivity index (χ2v) is 5.29. The van der Waals surface area contributed by atoms with Gasteiger partial charge in [0.25, 0.3) is 5.69 Å². The maximum absolute atomic E-state index is 10.7. The van der Waals surface area contributed by atoms with E-state index in [1.54, 1.807) is 17.5 Å². The Labute approximate surface area is 122 Å². The number of nitro groups is 1. The second kappa shape index (κ2) is 5.89. The van der Waals surface area contributed by atoms with Gasteiger partial charge in [-0.2, -0.15) is 0 Å². The lowest BCUT2D eigenvalue weighted by atomic mass is 10.2. The van der Waals surface area contributed by atoms with Crippen LogP contribution >= 0.6 is 22.9 Å². The van der Waals surface area contributed by atoms with E-state index < -0.39 is 10.9 Å². The molecule has 1 aromatic carbocycles. The van der Waals surface area contributed by atoms with Crippen molar-refractivity contribution in [3.05, 3.63) is 55.2 Å². The maximum Gasteiger partial charge on any atom is 0.336 e. The molecule has 0 atom stereocenters. The zero-order valence-electron chi connectivity index (χ0n) is 10.00. The number of hydrogen-bond donors (Lipinski definition) is 2. The quantitative estimate of drug-likeness (QED) is 0.649. The van der Waals surface area contributed by atoms with E-state index in [9.17, 15) is 14.9 Å². The molecule has 104 valence electrons. The first-order valence-corrected chi connectivity index (χ1v) is 6.71. The van der Waals surface area contributed by atoms with Gasteiger partial charge in [-0.15, -0.1) is 11.3 Å². The Balaban J connectivity index is 2.05. The molecule has 0 aliphatic heterocycles. The molecular weight excluding hydrogens is 304 g/mol. The topological polar surface area (TPSA) is 92.5 Å². The smallest absolute Gasteiger partial charge is 0.336 e. The molecule has 0 aliphatic carbocycles. The highest BCUT2D eigenvalue weighted by molar-refractivity contribution is 7.10. The second-order valence-electron chi connectivity index (χ2n) is 3.88. The molecule has 2 N–H and O–H groups in total. The number of halogens is 1. The summed E-state index contributed by atoms with van der Waals surface area (Å²) in [7, 11) is 0. The molecule has 20 heavy (non-hydrogen) atoms. The molecule has 6 nitrogen and oxygen atoms in total.